The maximum atomic E-state index is 11.9. The summed E-state index contributed by atoms with van der Waals surface area (Å²) < 4.78 is 10.0. The summed E-state index contributed by atoms with van der Waals surface area (Å²) in [5.41, 5.74) is 0.912. The number of carbonyl (C=O) groups excluding carboxylic acids is 2. The lowest BCUT2D eigenvalue weighted by molar-refractivity contribution is 0.0598. The Morgan fingerprint density at radius 1 is 1.18 bits per heavy atom. The molecule has 11 heteroatoms. The number of ketones is 1. The first-order valence-corrected chi connectivity index (χ1v) is 14.0. The number of likely N-dealkylation sites (tertiary alicyclic amines) is 1. The van der Waals surface area contributed by atoms with Gasteiger partial charge in [-0.3, -0.25) is 4.79 Å². The van der Waals surface area contributed by atoms with Crippen LogP contribution in [0.3, 0.4) is 0 Å². The number of rotatable bonds is 5. The summed E-state index contributed by atoms with van der Waals surface area (Å²) in [6, 6.07) is 11.6. The van der Waals surface area contributed by atoms with Crippen molar-refractivity contribution in [3.05, 3.63) is 63.8 Å². The molecule has 1 atom stereocenters. The number of aliphatic hydroxyl groups is 1. The van der Waals surface area contributed by atoms with E-state index in [2.05, 4.69) is 27.3 Å². The molecule has 9 nitrogen and oxygen atoms in total. The number of aliphatic imine (C=N–C) groups is 2. The number of fused-ring (bicyclic) bond motifs is 2. The minimum absolute atomic E-state index is 0.219. The number of thiophene rings is 2. The third-order valence-corrected chi connectivity index (χ3v) is 8.27. The molecule has 3 aromatic rings. The predicted octanol–water partition coefficient (Wildman–Crippen LogP) is 4.57. The largest absolute Gasteiger partial charge is 0.497 e. The zero-order valence-electron chi connectivity index (χ0n) is 21.1. The first-order chi connectivity index (χ1) is 18.4. The van der Waals surface area contributed by atoms with Gasteiger partial charge in [0.2, 0.25) is 5.78 Å². The van der Waals surface area contributed by atoms with Crippen LogP contribution >= 0.6 is 22.7 Å². The van der Waals surface area contributed by atoms with E-state index in [0.29, 0.717) is 34.9 Å². The standard InChI is InChI=1S/C18H20N2O3S.C9H8N2O2S/c1-22-14-7-5-13(6-8-14)12-20-10-3-4-16(20)19-17-15(9-11-24-17)18(21)23-2;12-6-5-1-4-14-7(5)11-8-9(6,13)2-3-10-8/h5-9,11H,3-4,10,12H2,1-2H3;1,4,13H,2-3H2,(H,10,11)/b19-16+;. The molecule has 0 bridgehead atoms. The molecule has 0 amide bonds. The predicted molar refractivity (Wildman–Crippen MR) is 149 cm³/mol. The number of methoxy groups -OCH3 is 2. The summed E-state index contributed by atoms with van der Waals surface area (Å²) in [6.45, 7) is 2.39. The lowest BCUT2D eigenvalue weighted by Crippen LogP contribution is -2.47. The highest BCUT2D eigenvalue weighted by atomic mass is 32.1. The van der Waals surface area contributed by atoms with Crippen molar-refractivity contribution in [3.63, 3.8) is 0 Å². The van der Waals surface area contributed by atoms with Crippen molar-refractivity contribution in [2.75, 3.05) is 27.3 Å². The Morgan fingerprint density at radius 3 is 2.74 bits per heavy atom. The minimum atomic E-state index is -1.38. The Hall–Kier alpha value is -3.54. The number of ether oxygens (including phenoxy) is 2. The van der Waals surface area contributed by atoms with Crippen LogP contribution < -0.4 is 10.1 Å². The number of amidine groups is 2. The number of Topliss-reactive ketones (excluding diaryl/α,β-unsaturated/α-hetero) is 1. The Labute approximate surface area is 228 Å². The monoisotopic (exact) mass is 552 g/mol. The van der Waals surface area contributed by atoms with Crippen LogP contribution in [0.25, 0.3) is 0 Å². The number of esters is 1. The normalized spacial score (nSPS) is 20.7. The van der Waals surface area contributed by atoms with E-state index in [0.717, 1.165) is 42.5 Å². The van der Waals surface area contributed by atoms with Crippen LogP contribution in [0.1, 0.15) is 45.5 Å². The molecule has 0 aliphatic carbocycles. The lowest BCUT2D eigenvalue weighted by atomic mass is 9.90. The highest BCUT2D eigenvalue weighted by molar-refractivity contribution is 7.14. The Balaban J connectivity index is 0.000000177. The molecule has 0 saturated carbocycles. The van der Waals surface area contributed by atoms with Gasteiger partial charge in [-0.25, -0.2) is 14.8 Å². The average Bonchev–Trinajstić information content (AvgIpc) is 3.74. The van der Waals surface area contributed by atoms with Gasteiger partial charge < -0.3 is 24.8 Å². The lowest BCUT2D eigenvalue weighted by Gasteiger charge is -2.23. The second kappa shape index (κ2) is 11.1. The van der Waals surface area contributed by atoms with Crippen LogP contribution in [-0.2, 0) is 11.3 Å². The second-order valence-electron chi connectivity index (χ2n) is 9.00. The molecule has 3 aliphatic heterocycles. The molecule has 38 heavy (non-hydrogen) atoms. The molecule has 2 aromatic heterocycles. The highest BCUT2D eigenvalue weighted by Crippen LogP contribution is 2.37. The molecule has 5 heterocycles. The van der Waals surface area contributed by atoms with E-state index in [1.54, 1.807) is 19.2 Å². The van der Waals surface area contributed by atoms with Crippen LogP contribution in [-0.4, -0.2) is 66.3 Å². The average molecular weight is 553 g/mol. The van der Waals surface area contributed by atoms with Gasteiger partial charge in [0.05, 0.1) is 25.3 Å². The molecule has 0 radical (unpaired) electrons. The fraction of sp³-hybridized carbons (Fsp3) is 0.333. The van der Waals surface area contributed by atoms with E-state index in [9.17, 15) is 14.7 Å². The number of hydrogen-bond acceptors (Lipinski definition) is 10. The zero-order valence-corrected chi connectivity index (χ0v) is 22.7. The first kappa shape index (κ1) is 26.1. The van der Waals surface area contributed by atoms with E-state index < -0.39 is 5.60 Å². The number of hydrogen-bond donors (Lipinski definition) is 2. The molecule has 2 saturated heterocycles. The van der Waals surface area contributed by atoms with Crippen molar-refractivity contribution in [1.82, 2.24) is 10.2 Å². The van der Waals surface area contributed by atoms with Gasteiger partial charge in [-0.15, -0.1) is 22.7 Å². The maximum absolute atomic E-state index is 11.9. The minimum Gasteiger partial charge on any atom is -0.497 e. The Kier molecular flexibility index (Phi) is 7.59. The summed E-state index contributed by atoms with van der Waals surface area (Å²) in [7, 11) is 3.06. The van der Waals surface area contributed by atoms with Crippen molar-refractivity contribution in [1.29, 1.82) is 0 Å². The summed E-state index contributed by atoms with van der Waals surface area (Å²) in [4.78, 5) is 35.0. The van der Waals surface area contributed by atoms with Crippen LogP contribution in [0.4, 0.5) is 10.0 Å². The third-order valence-electron chi connectivity index (χ3n) is 6.66. The van der Waals surface area contributed by atoms with Crippen molar-refractivity contribution in [2.24, 2.45) is 9.98 Å². The van der Waals surface area contributed by atoms with E-state index >= 15 is 0 Å². The summed E-state index contributed by atoms with van der Waals surface area (Å²) in [5, 5.41) is 18.2. The van der Waals surface area contributed by atoms with E-state index in [-0.39, 0.29) is 11.8 Å². The molecule has 1 aromatic carbocycles. The Bertz CT molecular complexity index is 1390. The SMILES string of the molecule is COC(=O)c1ccsc1/N=C1\CCCN1Cc1ccc(OC)cc1.O=C1c2ccsc2N=C2NCCC12O. The molecule has 0 spiro atoms. The van der Waals surface area contributed by atoms with Gasteiger partial charge in [0.25, 0.3) is 0 Å². The first-order valence-electron chi connectivity index (χ1n) is 12.2. The van der Waals surface area contributed by atoms with Crippen molar-refractivity contribution in [2.45, 2.75) is 31.4 Å². The van der Waals surface area contributed by atoms with E-state index in [1.165, 1.54) is 35.3 Å². The third kappa shape index (κ3) is 5.09. The van der Waals surface area contributed by atoms with Gasteiger partial charge in [0.1, 0.15) is 27.4 Å². The number of nitrogens with one attached hydrogen (secondary N) is 1. The fourth-order valence-corrected chi connectivity index (χ4v) is 6.13. The smallest absolute Gasteiger partial charge is 0.340 e. The van der Waals surface area contributed by atoms with Crippen LogP contribution in [0.2, 0.25) is 0 Å². The number of carbonyl (C=O) groups is 2. The van der Waals surface area contributed by atoms with Crippen LogP contribution in [0.5, 0.6) is 5.75 Å². The Morgan fingerprint density at radius 2 is 1.97 bits per heavy atom. The molecule has 6 rings (SSSR count). The fourth-order valence-electron chi connectivity index (χ4n) is 4.60. The molecular weight excluding hydrogens is 524 g/mol. The number of benzene rings is 1. The molecule has 198 valence electrons. The zero-order chi connectivity index (χ0) is 26.7. The molecule has 2 N–H and O–H groups in total. The quantitative estimate of drug-likeness (QED) is 0.446. The summed E-state index contributed by atoms with van der Waals surface area (Å²) in [6.07, 6.45) is 2.42. The van der Waals surface area contributed by atoms with E-state index in [4.69, 9.17) is 14.5 Å². The van der Waals surface area contributed by atoms with Gasteiger partial charge in [0, 0.05) is 32.5 Å². The molecule has 2 fully saturated rings. The van der Waals surface area contributed by atoms with Gasteiger partial charge >= 0.3 is 5.97 Å². The van der Waals surface area contributed by atoms with Crippen LogP contribution in [0.15, 0.2) is 57.1 Å². The van der Waals surface area contributed by atoms with Gasteiger partial charge in [-0.05, 0) is 47.0 Å². The molecule has 1 unspecified atom stereocenters. The van der Waals surface area contributed by atoms with E-state index in [1.807, 2.05) is 22.9 Å². The highest BCUT2D eigenvalue weighted by Gasteiger charge is 2.49. The molecule has 3 aliphatic rings. The maximum Gasteiger partial charge on any atom is 0.340 e. The van der Waals surface area contributed by atoms with Gasteiger partial charge in [-0.1, -0.05) is 12.1 Å². The second-order valence-corrected chi connectivity index (χ2v) is 10.8. The van der Waals surface area contributed by atoms with Crippen molar-refractivity contribution in [3.8, 4) is 5.75 Å². The van der Waals surface area contributed by atoms with Crippen molar-refractivity contribution < 1.29 is 24.2 Å². The summed E-state index contributed by atoms with van der Waals surface area (Å²) >= 11 is 2.88. The number of nitrogens with zero attached hydrogens (tertiary/aromatic N) is 3. The topological polar surface area (TPSA) is 113 Å². The summed E-state index contributed by atoms with van der Waals surface area (Å²) in [5.74, 6) is 1.74. The van der Waals surface area contributed by atoms with Gasteiger partial charge in [0.15, 0.2) is 5.60 Å². The van der Waals surface area contributed by atoms with Gasteiger partial charge in [-0.2, -0.15) is 0 Å². The van der Waals surface area contributed by atoms with Crippen LogP contribution in [0, 0.1) is 0 Å². The molecular formula is C27H28N4O5S2. The van der Waals surface area contributed by atoms with Crippen molar-refractivity contribution >= 4 is 56.1 Å².